The predicted molar refractivity (Wildman–Crippen MR) is 111 cm³/mol. The van der Waals surface area contributed by atoms with E-state index < -0.39 is 6.04 Å². The molecule has 0 saturated carbocycles. The molecular formula is C23H19FN4O2. The molecule has 2 N–H and O–H groups in total. The van der Waals surface area contributed by atoms with Crippen LogP contribution in [0.2, 0.25) is 0 Å². The van der Waals surface area contributed by atoms with Gasteiger partial charge < -0.3 is 15.0 Å². The van der Waals surface area contributed by atoms with Crippen molar-refractivity contribution >= 4 is 16.9 Å². The van der Waals surface area contributed by atoms with E-state index in [9.17, 15) is 9.18 Å². The molecule has 0 radical (unpaired) electrons. The van der Waals surface area contributed by atoms with Gasteiger partial charge in [-0.25, -0.2) is 9.37 Å². The molecule has 1 aliphatic heterocycles. The van der Waals surface area contributed by atoms with Crippen molar-refractivity contribution in [3.8, 4) is 17.0 Å². The Kier molecular flexibility index (Phi) is 4.43. The molecule has 0 unspecified atom stereocenters. The lowest BCUT2D eigenvalue weighted by atomic mass is 9.99. The highest BCUT2D eigenvalue weighted by molar-refractivity contribution is 5.96. The first-order valence-corrected chi connectivity index (χ1v) is 9.73. The minimum absolute atomic E-state index is 0.298. The van der Waals surface area contributed by atoms with Crippen LogP contribution in [0, 0.1) is 12.7 Å². The van der Waals surface area contributed by atoms with Gasteiger partial charge in [-0.3, -0.25) is 9.78 Å². The number of rotatable bonds is 3. The molecule has 5 rings (SSSR count). The minimum Gasteiger partial charge on any atom is -0.493 e. The first kappa shape index (κ1) is 18.3. The van der Waals surface area contributed by atoms with E-state index >= 15 is 0 Å². The summed E-state index contributed by atoms with van der Waals surface area (Å²) in [6, 6.07) is 9.70. The first-order chi connectivity index (χ1) is 14.6. The number of halogens is 1. The van der Waals surface area contributed by atoms with Crippen LogP contribution < -0.4 is 10.1 Å². The van der Waals surface area contributed by atoms with Crippen LogP contribution >= 0.6 is 0 Å². The maximum atomic E-state index is 14.3. The van der Waals surface area contributed by atoms with Crippen LogP contribution in [-0.2, 0) is 0 Å². The molecule has 0 saturated heterocycles. The number of nitrogens with zero attached hydrogens (tertiary/aromatic N) is 2. The van der Waals surface area contributed by atoms with E-state index in [2.05, 4.69) is 20.3 Å². The molecular weight excluding hydrogens is 383 g/mol. The van der Waals surface area contributed by atoms with Crippen molar-refractivity contribution in [1.29, 1.82) is 0 Å². The molecule has 1 aromatic carbocycles. The largest absolute Gasteiger partial charge is 0.493 e. The van der Waals surface area contributed by atoms with E-state index in [1.165, 1.54) is 6.07 Å². The molecule has 0 aliphatic carbocycles. The fraction of sp³-hybridized carbons (Fsp3) is 0.174. The second kappa shape index (κ2) is 7.26. The molecule has 1 atom stereocenters. The van der Waals surface area contributed by atoms with E-state index in [0.29, 0.717) is 29.9 Å². The van der Waals surface area contributed by atoms with Crippen molar-refractivity contribution in [1.82, 2.24) is 20.3 Å². The Morgan fingerprint density at radius 2 is 2.13 bits per heavy atom. The number of hydrogen-bond acceptors (Lipinski definition) is 4. The smallest absolute Gasteiger partial charge is 0.253 e. The van der Waals surface area contributed by atoms with Crippen molar-refractivity contribution in [2.45, 2.75) is 19.4 Å². The topological polar surface area (TPSA) is 79.9 Å². The summed E-state index contributed by atoms with van der Waals surface area (Å²) in [5.41, 5.74) is 4.39. The van der Waals surface area contributed by atoms with E-state index in [1.807, 2.05) is 25.3 Å². The normalized spacial score (nSPS) is 15.5. The van der Waals surface area contributed by atoms with Crippen LogP contribution in [-0.4, -0.2) is 27.5 Å². The predicted octanol–water partition coefficient (Wildman–Crippen LogP) is 4.33. The fourth-order valence-electron chi connectivity index (χ4n) is 3.92. The summed E-state index contributed by atoms with van der Waals surface area (Å²) in [4.78, 5) is 24.8. The Morgan fingerprint density at radius 1 is 1.23 bits per heavy atom. The molecule has 1 aliphatic rings. The Hall–Kier alpha value is -3.74. The molecule has 30 heavy (non-hydrogen) atoms. The molecule has 0 spiro atoms. The molecule has 1 amide bonds. The number of aromatic nitrogens is 3. The zero-order valence-electron chi connectivity index (χ0n) is 16.3. The van der Waals surface area contributed by atoms with Gasteiger partial charge >= 0.3 is 0 Å². The van der Waals surface area contributed by atoms with Gasteiger partial charge in [-0.1, -0.05) is 6.07 Å². The molecule has 0 fully saturated rings. The average Bonchev–Trinajstić information content (AvgIpc) is 3.15. The fourth-order valence-corrected chi connectivity index (χ4v) is 3.92. The monoisotopic (exact) mass is 402 g/mol. The average molecular weight is 402 g/mol. The SMILES string of the molecule is Cc1c[nH]c2nccc(-c3ccc(C(=O)N[C@H]4CCOc5cccc(F)c54)cn3)c12. The number of benzene rings is 1. The van der Waals surface area contributed by atoms with Crippen molar-refractivity contribution in [3.05, 3.63) is 77.5 Å². The maximum absolute atomic E-state index is 14.3. The number of fused-ring (bicyclic) bond motifs is 2. The summed E-state index contributed by atoms with van der Waals surface area (Å²) >= 11 is 0. The lowest BCUT2D eigenvalue weighted by Crippen LogP contribution is -2.32. The Bertz CT molecular complexity index is 1250. The van der Waals surface area contributed by atoms with E-state index in [1.54, 1.807) is 30.6 Å². The summed E-state index contributed by atoms with van der Waals surface area (Å²) < 4.78 is 19.8. The summed E-state index contributed by atoms with van der Waals surface area (Å²) in [6.45, 7) is 2.43. The van der Waals surface area contributed by atoms with Gasteiger partial charge in [0, 0.05) is 36.0 Å². The van der Waals surface area contributed by atoms with Gasteiger partial charge in [0.15, 0.2) is 0 Å². The third-order valence-corrected chi connectivity index (χ3v) is 5.40. The minimum atomic E-state index is -0.440. The van der Waals surface area contributed by atoms with Gasteiger partial charge in [-0.05, 0) is 42.8 Å². The van der Waals surface area contributed by atoms with E-state index in [0.717, 1.165) is 27.9 Å². The maximum Gasteiger partial charge on any atom is 0.253 e. The Balaban J connectivity index is 1.40. The number of carbonyl (C=O) groups is 1. The number of carbonyl (C=O) groups excluding carboxylic acids is 1. The van der Waals surface area contributed by atoms with Crippen molar-refractivity contribution in [2.24, 2.45) is 0 Å². The van der Waals surface area contributed by atoms with Crippen molar-refractivity contribution < 1.29 is 13.9 Å². The third-order valence-electron chi connectivity index (χ3n) is 5.40. The lowest BCUT2D eigenvalue weighted by Gasteiger charge is -2.27. The number of H-pyrrole nitrogens is 1. The summed E-state index contributed by atoms with van der Waals surface area (Å²) in [5.74, 6) is -0.203. The number of aryl methyl sites for hydroxylation is 1. The second-order valence-corrected chi connectivity index (χ2v) is 7.30. The summed E-state index contributed by atoms with van der Waals surface area (Å²) in [6.07, 6.45) is 5.69. The lowest BCUT2D eigenvalue weighted by molar-refractivity contribution is 0.0923. The molecule has 150 valence electrons. The standard InChI is InChI=1S/C23H19FN4O2/c1-13-11-27-22-20(13)15(7-9-25-22)17-6-5-14(12-26-17)23(29)28-18-8-10-30-19-4-2-3-16(24)21(18)19/h2-7,9,11-12,18H,8,10H2,1H3,(H,25,27)(H,28,29)/t18-/m0/s1. The van der Waals surface area contributed by atoms with Gasteiger partial charge in [0.25, 0.3) is 5.91 Å². The third kappa shape index (κ3) is 3.08. The molecule has 3 aromatic heterocycles. The molecule has 4 heterocycles. The van der Waals surface area contributed by atoms with Crippen LogP contribution in [0.5, 0.6) is 5.75 Å². The molecule has 4 aromatic rings. The Morgan fingerprint density at radius 3 is 2.97 bits per heavy atom. The van der Waals surface area contributed by atoms with Crippen LogP contribution in [0.4, 0.5) is 4.39 Å². The van der Waals surface area contributed by atoms with E-state index in [-0.39, 0.29) is 11.7 Å². The van der Waals surface area contributed by atoms with Gasteiger partial charge in [-0.2, -0.15) is 0 Å². The molecule has 6 nitrogen and oxygen atoms in total. The second-order valence-electron chi connectivity index (χ2n) is 7.30. The van der Waals surface area contributed by atoms with E-state index in [4.69, 9.17) is 4.74 Å². The molecule has 0 bridgehead atoms. The summed E-state index contributed by atoms with van der Waals surface area (Å²) in [5, 5.41) is 3.92. The highest BCUT2D eigenvalue weighted by atomic mass is 19.1. The number of amides is 1. The van der Waals surface area contributed by atoms with Gasteiger partial charge in [0.05, 0.1) is 29.5 Å². The zero-order valence-corrected chi connectivity index (χ0v) is 16.3. The highest BCUT2D eigenvalue weighted by Gasteiger charge is 2.26. The summed E-state index contributed by atoms with van der Waals surface area (Å²) in [7, 11) is 0. The number of aromatic amines is 1. The van der Waals surface area contributed by atoms with Crippen LogP contribution in [0.25, 0.3) is 22.3 Å². The van der Waals surface area contributed by atoms with Crippen LogP contribution in [0.3, 0.4) is 0 Å². The number of pyridine rings is 2. The highest BCUT2D eigenvalue weighted by Crippen LogP contribution is 2.34. The number of ether oxygens (including phenoxy) is 1. The number of hydrogen-bond donors (Lipinski definition) is 2. The van der Waals surface area contributed by atoms with Crippen molar-refractivity contribution in [2.75, 3.05) is 6.61 Å². The van der Waals surface area contributed by atoms with Crippen LogP contribution in [0.15, 0.2) is 55.0 Å². The number of nitrogens with one attached hydrogen (secondary N) is 2. The van der Waals surface area contributed by atoms with Gasteiger partial charge in [0.2, 0.25) is 0 Å². The molecule has 7 heteroatoms. The quantitative estimate of drug-likeness (QED) is 0.535. The first-order valence-electron chi connectivity index (χ1n) is 9.73. The zero-order chi connectivity index (χ0) is 20.7. The van der Waals surface area contributed by atoms with Gasteiger partial charge in [0.1, 0.15) is 17.2 Å². The van der Waals surface area contributed by atoms with Crippen molar-refractivity contribution in [3.63, 3.8) is 0 Å². The Labute approximate surface area is 172 Å². The van der Waals surface area contributed by atoms with Gasteiger partial charge in [-0.15, -0.1) is 0 Å². The van der Waals surface area contributed by atoms with Crippen LogP contribution in [0.1, 0.15) is 33.9 Å².